The first-order valence-electron chi connectivity index (χ1n) is 4.90. The maximum Gasteiger partial charge on any atom is 0.142 e. The highest BCUT2D eigenvalue weighted by Gasteiger charge is 2.16. The van der Waals surface area contributed by atoms with Crippen molar-refractivity contribution in [2.45, 2.75) is 6.92 Å². The normalized spacial score (nSPS) is 14.9. The number of hydrogen-bond acceptors (Lipinski definition) is 3. The molecule has 0 aliphatic carbocycles. The number of hydrogen-bond donors (Lipinski definition) is 1. The van der Waals surface area contributed by atoms with Gasteiger partial charge in [0.15, 0.2) is 0 Å². The van der Waals surface area contributed by atoms with Crippen LogP contribution < -0.4 is 9.64 Å². The maximum atomic E-state index is 8.93. The zero-order chi connectivity index (χ0) is 9.97. The van der Waals surface area contributed by atoms with Crippen molar-refractivity contribution in [3.8, 4) is 5.75 Å². The summed E-state index contributed by atoms with van der Waals surface area (Å²) < 4.78 is 5.53. The van der Waals surface area contributed by atoms with Crippen molar-refractivity contribution in [1.82, 2.24) is 0 Å². The summed E-state index contributed by atoms with van der Waals surface area (Å²) >= 11 is 0. The average molecular weight is 193 g/mol. The number of benzene rings is 1. The van der Waals surface area contributed by atoms with Crippen LogP contribution in [-0.2, 0) is 0 Å². The SMILES string of the molecule is Cc1ccc2c(c1)N(CCO)CCO2. The molecule has 0 unspecified atom stereocenters. The molecule has 0 radical (unpaired) electrons. The molecule has 1 N–H and O–H groups in total. The second kappa shape index (κ2) is 3.88. The molecule has 0 aromatic heterocycles. The van der Waals surface area contributed by atoms with Crippen LogP contribution in [0.1, 0.15) is 5.56 Å². The lowest BCUT2D eigenvalue weighted by atomic mass is 10.1. The van der Waals surface area contributed by atoms with Crippen molar-refractivity contribution >= 4 is 5.69 Å². The summed E-state index contributed by atoms with van der Waals surface area (Å²) in [4.78, 5) is 2.16. The van der Waals surface area contributed by atoms with Crippen molar-refractivity contribution in [2.24, 2.45) is 0 Å². The zero-order valence-electron chi connectivity index (χ0n) is 8.36. The number of β-amino-alcohol motifs (C(OH)–C–C–N with tert-alkyl or cyclic N) is 1. The highest BCUT2D eigenvalue weighted by molar-refractivity contribution is 5.61. The maximum absolute atomic E-state index is 8.93. The number of rotatable bonds is 2. The molecule has 1 aliphatic rings. The Morgan fingerprint density at radius 3 is 3.14 bits per heavy atom. The minimum Gasteiger partial charge on any atom is -0.490 e. The Bertz CT molecular complexity index is 325. The minimum atomic E-state index is 0.188. The molecular formula is C11H15NO2. The van der Waals surface area contributed by atoms with E-state index in [9.17, 15) is 0 Å². The number of nitrogens with zero attached hydrogens (tertiary/aromatic N) is 1. The van der Waals surface area contributed by atoms with Crippen LogP contribution in [0.5, 0.6) is 5.75 Å². The van der Waals surface area contributed by atoms with Crippen LogP contribution in [0, 0.1) is 6.92 Å². The average Bonchev–Trinajstić information content (AvgIpc) is 2.19. The predicted molar refractivity (Wildman–Crippen MR) is 56.0 cm³/mol. The molecule has 14 heavy (non-hydrogen) atoms. The number of anilines is 1. The van der Waals surface area contributed by atoms with Gasteiger partial charge >= 0.3 is 0 Å². The fourth-order valence-electron chi connectivity index (χ4n) is 1.74. The molecule has 0 atom stereocenters. The molecule has 1 aromatic carbocycles. The molecule has 3 nitrogen and oxygen atoms in total. The van der Waals surface area contributed by atoms with Gasteiger partial charge in [-0.3, -0.25) is 0 Å². The van der Waals surface area contributed by atoms with E-state index in [2.05, 4.69) is 17.9 Å². The number of fused-ring (bicyclic) bond motifs is 1. The van der Waals surface area contributed by atoms with Gasteiger partial charge in [-0.1, -0.05) is 6.07 Å². The Labute approximate surface area is 83.9 Å². The van der Waals surface area contributed by atoms with Gasteiger partial charge in [0.1, 0.15) is 12.4 Å². The highest BCUT2D eigenvalue weighted by atomic mass is 16.5. The molecule has 0 spiro atoms. The Balaban J connectivity index is 2.32. The molecular weight excluding hydrogens is 178 g/mol. The van der Waals surface area contributed by atoms with Crippen molar-refractivity contribution in [3.05, 3.63) is 23.8 Å². The van der Waals surface area contributed by atoms with Crippen LogP contribution in [0.3, 0.4) is 0 Å². The van der Waals surface area contributed by atoms with Gasteiger partial charge in [-0.15, -0.1) is 0 Å². The zero-order valence-corrected chi connectivity index (χ0v) is 8.36. The summed E-state index contributed by atoms with van der Waals surface area (Å²) in [5, 5.41) is 8.93. The first-order chi connectivity index (χ1) is 6.81. The molecule has 3 heteroatoms. The molecule has 0 saturated heterocycles. The van der Waals surface area contributed by atoms with Gasteiger partial charge in [0.05, 0.1) is 18.8 Å². The molecule has 1 aromatic rings. The van der Waals surface area contributed by atoms with Crippen molar-refractivity contribution < 1.29 is 9.84 Å². The summed E-state index contributed by atoms with van der Waals surface area (Å²) in [5.41, 5.74) is 2.32. The molecule has 0 saturated carbocycles. The third-order valence-electron chi connectivity index (χ3n) is 2.44. The summed E-state index contributed by atoms with van der Waals surface area (Å²) in [7, 11) is 0. The quantitative estimate of drug-likeness (QED) is 0.765. The van der Waals surface area contributed by atoms with E-state index < -0.39 is 0 Å². The van der Waals surface area contributed by atoms with E-state index in [0.717, 1.165) is 18.0 Å². The Hall–Kier alpha value is -1.22. The molecule has 1 heterocycles. The summed E-state index contributed by atoms with van der Waals surface area (Å²) in [6.07, 6.45) is 0. The predicted octanol–water partition coefficient (Wildman–Crippen LogP) is 1.19. The number of ether oxygens (including phenoxy) is 1. The van der Waals surface area contributed by atoms with Gasteiger partial charge in [0.2, 0.25) is 0 Å². The first kappa shape index (κ1) is 9.34. The first-order valence-corrected chi connectivity index (χ1v) is 4.90. The van der Waals surface area contributed by atoms with E-state index in [1.165, 1.54) is 5.56 Å². The fraction of sp³-hybridized carbons (Fsp3) is 0.455. The molecule has 0 bridgehead atoms. The second-order valence-electron chi connectivity index (χ2n) is 3.53. The van der Waals surface area contributed by atoms with Crippen LogP contribution in [0.25, 0.3) is 0 Å². The summed E-state index contributed by atoms with van der Waals surface area (Å²) in [6.45, 7) is 4.49. The van der Waals surface area contributed by atoms with E-state index in [-0.39, 0.29) is 6.61 Å². The lowest BCUT2D eigenvalue weighted by Gasteiger charge is -2.30. The third-order valence-corrected chi connectivity index (χ3v) is 2.44. The molecule has 0 fully saturated rings. The topological polar surface area (TPSA) is 32.7 Å². The van der Waals surface area contributed by atoms with Gasteiger partial charge in [-0.05, 0) is 24.6 Å². The monoisotopic (exact) mass is 193 g/mol. The van der Waals surface area contributed by atoms with E-state index in [1.54, 1.807) is 0 Å². The third kappa shape index (κ3) is 1.68. The number of aliphatic hydroxyl groups excluding tert-OH is 1. The van der Waals surface area contributed by atoms with Gasteiger partial charge in [0.25, 0.3) is 0 Å². The van der Waals surface area contributed by atoms with Crippen LogP contribution in [-0.4, -0.2) is 31.4 Å². The molecule has 0 amide bonds. The van der Waals surface area contributed by atoms with Crippen LogP contribution in [0.15, 0.2) is 18.2 Å². The second-order valence-corrected chi connectivity index (χ2v) is 3.53. The van der Waals surface area contributed by atoms with Crippen LogP contribution in [0.4, 0.5) is 5.69 Å². The molecule has 2 rings (SSSR count). The van der Waals surface area contributed by atoms with Crippen LogP contribution in [0.2, 0.25) is 0 Å². The van der Waals surface area contributed by atoms with Crippen molar-refractivity contribution in [2.75, 3.05) is 31.2 Å². The highest BCUT2D eigenvalue weighted by Crippen LogP contribution is 2.31. The van der Waals surface area contributed by atoms with Crippen LogP contribution >= 0.6 is 0 Å². The van der Waals surface area contributed by atoms with E-state index in [4.69, 9.17) is 9.84 Å². The van der Waals surface area contributed by atoms with Crippen molar-refractivity contribution in [3.63, 3.8) is 0 Å². The molecule has 76 valence electrons. The van der Waals surface area contributed by atoms with Crippen molar-refractivity contribution in [1.29, 1.82) is 0 Å². The van der Waals surface area contributed by atoms with E-state index >= 15 is 0 Å². The van der Waals surface area contributed by atoms with E-state index in [1.807, 2.05) is 12.1 Å². The number of aliphatic hydroxyl groups is 1. The summed E-state index contributed by atoms with van der Waals surface area (Å²) in [5.74, 6) is 0.926. The molecule has 1 aliphatic heterocycles. The van der Waals surface area contributed by atoms with Gasteiger partial charge in [-0.25, -0.2) is 0 Å². The smallest absolute Gasteiger partial charge is 0.142 e. The Kier molecular flexibility index (Phi) is 2.59. The Morgan fingerprint density at radius 2 is 2.36 bits per heavy atom. The summed E-state index contributed by atoms with van der Waals surface area (Å²) in [6, 6.07) is 6.14. The van der Waals surface area contributed by atoms with Gasteiger partial charge < -0.3 is 14.7 Å². The lowest BCUT2D eigenvalue weighted by Crippen LogP contribution is -2.34. The van der Waals surface area contributed by atoms with Gasteiger partial charge in [-0.2, -0.15) is 0 Å². The largest absolute Gasteiger partial charge is 0.490 e. The Morgan fingerprint density at radius 1 is 1.50 bits per heavy atom. The number of aryl methyl sites for hydroxylation is 1. The minimum absolute atomic E-state index is 0.188. The fourth-order valence-corrected chi connectivity index (χ4v) is 1.74. The van der Waals surface area contributed by atoms with E-state index in [0.29, 0.717) is 13.2 Å². The lowest BCUT2D eigenvalue weighted by molar-refractivity contribution is 0.278. The standard InChI is InChI=1S/C11H15NO2/c1-9-2-3-11-10(8-9)12(4-6-13)5-7-14-11/h2-3,8,13H,4-7H2,1H3. The van der Waals surface area contributed by atoms with Gasteiger partial charge in [0, 0.05) is 6.54 Å².